The molecular weight excluding hydrogens is 406 g/mol. The molecule has 1 N–H and O–H groups in total. The Morgan fingerprint density at radius 1 is 1.00 bits per heavy atom. The lowest BCUT2D eigenvalue weighted by Gasteiger charge is -2.28. The Morgan fingerprint density at radius 2 is 1.79 bits per heavy atom. The monoisotopic (exact) mass is 437 g/mol. The summed E-state index contributed by atoms with van der Waals surface area (Å²) >= 11 is 0. The zero-order valence-electron chi connectivity index (χ0n) is 19.6. The van der Waals surface area contributed by atoms with Gasteiger partial charge < -0.3 is 15.1 Å². The van der Waals surface area contributed by atoms with E-state index in [1.54, 1.807) is 0 Å². The lowest BCUT2D eigenvalue weighted by atomic mass is 9.91. The Bertz CT molecular complexity index is 1180. The number of aromatic nitrogens is 2. The molecule has 5 heteroatoms. The molecule has 2 aliphatic heterocycles. The SMILES string of the molecule is CC1=CCC=CN1c1ccc(Nc2nc3c(c(C(C)c4ccccc4)n2)CN(C)CC3)cc1. The van der Waals surface area contributed by atoms with Crippen molar-refractivity contribution in [1.29, 1.82) is 0 Å². The Hall–Kier alpha value is -3.44. The molecule has 5 nitrogen and oxygen atoms in total. The van der Waals surface area contributed by atoms with E-state index in [-0.39, 0.29) is 5.92 Å². The first-order valence-corrected chi connectivity index (χ1v) is 11.7. The van der Waals surface area contributed by atoms with E-state index in [4.69, 9.17) is 9.97 Å². The summed E-state index contributed by atoms with van der Waals surface area (Å²) in [4.78, 5) is 14.5. The molecule has 1 aromatic heterocycles. The van der Waals surface area contributed by atoms with Gasteiger partial charge >= 0.3 is 0 Å². The van der Waals surface area contributed by atoms with Crippen LogP contribution in [0.1, 0.15) is 48.7 Å². The molecule has 0 amide bonds. The third-order valence-electron chi connectivity index (χ3n) is 6.58. The minimum atomic E-state index is 0.207. The molecule has 3 heterocycles. The van der Waals surface area contributed by atoms with Gasteiger partial charge in [0, 0.05) is 54.3 Å². The van der Waals surface area contributed by atoms with Crippen LogP contribution in [-0.4, -0.2) is 28.5 Å². The van der Waals surface area contributed by atoms with Gasteiger partial charge in [-0.3, -0.25) is 0 Å². The molecule has 33 heavy (non-hydrogen) atoms. The lowest BCUT2D eigenvalue weighted by molar-refractivity contribution is 0.307. The highest BCUT2D eigenvalue weighted by molar-refractivity contribution is 5.63. The van der Waals surface area contributed by atoms with Crippen LogP contribution in [-0.2, 0) is 13.0 Å². The van der Waals surface area contributed by atoms with E-state index in [0.29, 0.717) is 5.95 Å². The van der Waals surface area contributed by atoms with Crippen molar-refractivity contribution in [3.8, 4) is 0 Å². The largest absolute Gasteiger partial charge is 0.324 e. The third kappa shape index (κ3) is 4.55. The number of rotatable bonds is 5. The van der Waals surface area contributed by atoms with Gasteiger partial charge in [-0.2, -0.15) is 0 Å². The van der Waals surface area contributed by atoms with E-state index in [1.807, 2.05) is 0 Å². The van der Waals surface area contributed by atoms with Crippen LogP contribution in [0.3, 0.4) is 0 Å². The fourth-order valence-electron chi connectivity index (χ4n) is 4.63. The molecule has 0 saturated heterocycles. The van der Waals surface area contributed by atoms with Crippen molar-refractivity contribution in [2.24, 2.45) is 0 Å². The highest BCUT2D eigenvalue weighted by Gasteiger charge is 2.24. The number of hydrogen-bond acceptors (Lipinski definition) is 5. The number of fused-ring (bicyclic) bond motifs is 1. The predicted octanol–water partition coefficient (Wildman–Crippen LogP) is 5.99. The fraction of sp³-hybridized carbons (Fsp3) is 0.286. The molecule has 0 bridgehead atoms. The molecule has 1 unspecified atom stereocenters. The maximum Gasteiger partial charge on any atom is 0.227 e. The van der Waals surface area contributed by atoms with Crippen molar-refractivity contribution in [1.82, 2.24) is 14.9 Å². The number of nitrogens with zero attached hydrogens (tertiary/aromatic N) is 4. The second kappa shape index (κ2) is 9.20. The van der Waals surface area contributed by atoms with Gasteiger partial charge in [-0.05, 0) is 50.2 Å². The van der Waals surface area contributed by atoms with E-state index in [1.165, 1.54) is 22.5 Å². The standard InChI is InChI=1S/C28H31N5/c1-20-9-7-8-17-33(20)24-14-12-23(13-15-24)29-28-30-26-16-18-32(3)19-25(26)27(31-28)21(2)22-10-5-4-6-11-22/h4-6,8-15,17,21H,7,16,18-19H2,1-3H3,(H,29,30,31). The zero-order chi connectivity index (χ0) is 22.8. The first-order valence-electron chi connectivity index (χ1n) is 11.7. The Balaban J connectivity index is 1.44. The van der Waals surface area contributed by atoms with Crippen LogP contribution in [0.5, 0.6) is 0 Å². The minimum absolute atomic E-state index is 0.207. The summed E-state index contributed by atoms with van der Waals surface area (Å²) in [5, 5.41) is 3.47. The summed E-state index contributed by atoms with van der Waals surface area (Å²) in [5.41, 5.74) is 8.24. The maximum absolute atomic E-state index is 5.04. The molecule has 0 fully saturated rings. The van der Waals surface area contributed by atoms with Gasteiger partial charge in [0.05, 0.1) is 11.4 Å². The summed E-state index contributed by atoms with van der Waals surface area (Å²) < 4.78 is 0. The topological polar surface area (TPSA) is 44.3 Å². The van der Waals surface area contributed by atoms with Crippen LogP contribution in [0.2, 0.25) is 0 Å². The normalized spacial score (nSPS) is 16.8. The van der Waals surface area contributed by atoms with E-state index in [2.05, 4.69) is 109 Å². The van der Waals surface area contributed by atoms with Crippen molar-refractivity contribution in [2.45, 2.75) is 39.2 Å². The maximum atomic E-state index is 5.04. The summed E-state index contributed by atoms with van der Waals surface area (Å²) in [6.45, 7) is 6.30. The Labute approximate surface area is 196 Å². The number of hydrogen-bond donors (Lipinski definition) is 1. The van der Waals surface area contributed by atoms with Gasteiger partial charge in [0.1, 0.15) is 0 Å². The second-order valence-electron chi connectivity index (χ2n) is 8.99. The first kappa shape index (κ1) is 21.4. The number of anilines is 3. The molecule has 0 radical (unpaired) electrons. The van der Waals surface area contributed by atoms with Crippen LogP contribution in [0.4, 0.5) is 17.3 Å². The molecular formula is C28H31N5. The summed E-state index contributed by atoms with van der Waals surface area (Å²) in [5.74, 6) is 0.885. The van der Waals surface area contributed by atoms with Gasteiger partial charge in [0.15, 0.2) is 0 Å². The lowest BCUT2D eigenvalue weighted by Crippen LogP contribution is -2.29. The molecule has 3 aromatic rings. The van der Waals surface area contributed by atoms with Crippen molar-refractivity contribution in [2.75, 3.05) is 23.8 Å². The molecule has 1 atom stereocenters. The summed E-state index contributed by atoms with van der Waals surface area (Å²) in [6.07, 6.45) is 8.49. The van der Waals surface area contributed by atoms with Crippen molar-refractivity contribution < 1.29 is 0 Å². The molecule has 0 spiro atoms. The molecule has 5 rings (SSSR count). The molecule has 2 aliphatic rings. The van der Waals surface area contributed by atoms with Crippen molar-refractivity contribution >= 4 is 17.3 Å². The highest BCUT2D eigenvalue weighted by atomic mass is 15.1. The van der Waals surface area contributed by atoms with Crippen molar-refractivity contribution in [3.63, 3.8) is 0 Å². The minimum Gasteiger partial charge on any atom is -0.324 e. The van der Waals surface area contributed by atoms with Gasteiger partial charge in [-0.1, -0.05) is 49.4 Å². The quantitative estimate of drug-likeness (QED) is 0.531. The molecule has 2 aromatic carbocycles. The number of benzene rings is 2. The third-order valence-corrected chi connectivity index (χ3v) is 6.58. The molecule has 0 saturated carbocycles. The van der Waals surface area contributed by atoms with E-state index >= 15 is 0 Å². The zero-order valence-corrected chi connectivity index (χ0v) is 19.6. The Morgan fingerprint density at radius 3 is 2.55 bits per heavy atom. The van der Waals surface area contributed by atoms with E-state index in [9.17, 15) is 0 Å². The fourth-order valence-corrected chi connectivity index (χ4v) is 4.63. The average molecular weight is 438 g/mol. The molecule has 168 valence electrons. The summed E-state index contributed by atoms with van der Waals surface area (Å²) in [7, 11) is 2.17. The summed E-state index contributed by atoms with van der Waals surface area (Å²) in [6, 6.07) is 19.1. The number of nitrogens with one attached hydrogen (secondary N) is 1. The smallest absolute Gasteiger partial charge is 0.227 e. The number of likely N-dealkylation sites (N-methyl/N-ethyl adjacent to an activating group) is 1. The van der Waals surface area contributed by atoms with Crippen LogP contribution in [0, 0.1) is 0 Å². The van der Waals surface area contributed by atoms with E-state index in [0.717, 1.165) is 43.0 Å². The molecule has 0 aliphatic carbocycles. The van der Waals surface area contributed by atoms with Gasteiger partial charge in [0.2, 0.25) is 5.95 Å². The van der Waals surface area contributed by atoms with Crippen LogP contribution in [0.15, 0.2) is 78.6 Å². The van der Waals surface area contributed by atoms with Crippen LogP contribution in [0.25, 0.3) is 0 Å². The Kier molecular flexibility index (Phi) is 5.97. The number of allylic oxidation sites excluding steroid dienone is 3. The average Bonchev–Trinajstić information content (AvgIpc) is 2.85. The van der Waals surface area contributed by atoms with Crippen LogP contribution < -0.4 is 10.2 Å². The first-order chi connectivity index (χ1) is 16.1. The highest BCUT2D eigenvalue weighted by Crippen LogP contribution is 2.31. The van der Waals surface area contributed by atoms with E-state index < -0.39 is 0 Å². The van der Waals surface area contributed by atoms with Gasteiger partial charge in [-0.15, -0.1) is 0 Å². The van der Waals surface area contributed by atoms with Crippen LogP contribution >= 0.6 is 0 Å². The second-order valence-corrected chi connectivity index (χ2v) is 8.99. The predicted molar refractivity (Wildman–Crippen MR) is 136 cm³/mol. The van der Waals surface area contributed by atoms with Gasteiger partial charge in [0.25, 0.3) is 0 Å². The van der Waals surface area contributed by atoms with Gasteiger partial charge in [-0.25, -0.2) is 9.97 Å². The van der Waals surface area contributed by atoms with Crippen molar-refractivity contribution in [3.05, 3.63) is 101 Å².